The zero-order valence-corrected chi connectivity index (χ0v) is 5.68. The summed E-state index contributed by atoms with van der Waals surface area (Å²) in [6, 6.07) is 0. The molecule has 0 radical (unpaired) electrons. The van der Waals surface area contributed by atoms with Crippen molar-refractivity contribution in [2.45, 2.75) is 6.92 Å². The highest BCUT2D eigenvalue weighted by Gasteiger charge is 2.07. The van der Waals surface area contributed by atoms with Crippen molar-refractivity contribution >= 4 is 12.1 Å². The van der Waals surface area contributed by atoms with Gasteiger partial charge < -0.3 is 10.2 Å². The number of hydroxylamine groups is 2. The minimum Gasteiger partial charge on any atom is -0.478 e. The molecule has 0 heterocycles. The van der Waals surface area contributed by atoms with Gasteiger partial charge in [0.15, 0.2) is 0 Å². The molecule has 11 heavy (non-hydrogen) atoms. The molecule has 1 amide bonds. The summed E-state index contributed by atoms with van der Waals surface area (Å²) in [6.45, 7) is 1.16. The first-order valence-electron chi connectivity index (χ1n) is 2.58. The number of carboxylic acid groups (broad SMARTS) is 2. The quantitative estimate of drug-likeness (QED) is 0.308. The molecule has 0 spiro atoms. The van der Waals surface area contributed by atoms with Crippen molar-refractivity contribution in [1.29, 1.82) is 0 Å². The highest BCUT2D eigenvalue weighted by molar-refractivity contribution is 5.86. The van der Waals surface area contributed by atoms with Crippen LogP contribution in [0, 0.1) is 0 Å². The molecule has 0 aliphatic heterocycles. The summed E-state index contributed by atoms with van der Waals surface area (Å²) in [4.78, 5) is 20.0. The second-order valence-corrected chi connectivity index (χ2v) is 1.74. The maximum absolute atomic E-state index is 10.1. The maximum atomic E-state index is 10.1. The van der Waals surface area contributed by atoms with Crippen LogP contribution in [0.5, 0.6) is 0 Å². The van der Waals surface area contributed by atoms with E-state index in [4.69, 9.17) is 15.4 Å². The van der Waals surface area contributed by atoms with E-state index in [1.165, 1.54) is 0 Å². The van der Waals surface area contributed by atoms with E-state index in [1.807, 2.05) is 0 Å². The van der Waals surface area contributed by atoms with Gasteiger partial charge in [-0.25, -0.2) is 9.59 Å². The van der Waals surface area contributed by atoms with Crippen molar-refractivity contribution in [3.63, 3.8) is 0 Å². The topological polar surface area (TPSA) is 98.1 Å². The summed E-state index contributed by atoms with van der Waals surface area (Å²) in [5, 5.41) is 24.5. The number of hydrogen-bond donors (Lipinski definition) is 3. The minimum atomic E-state index is -1.63. The van der Waals surface area contributed by atoms with Crippen molar-refractivity contribution in [2.24, 2.45) is 0 Å². The van der Waals surface area contributed by atoms with Crippen molar-refractivity contribution in [3.8, 4) is 0 Å². The van der Waals surface area contributed by atoms with Crippen molar-refractivity contribution < 1.29 is 25.0 Å². The molecular weight excluding hydrogens is 154 g/mol. The van der Waals surface area contributed by atoms with E-state index in [0.29, 0.717) is 6.20 Å². The molecule has 0 rings (SSSR count). The van der Waals surface area contributed by atoms with Crippen LogP contribution < -0.4 is 0 Å². The Hall–Kier alpha value is -1.56. The summed E-state index contributed by atoms with van der Waals surface area (Å²) < 4.78 is 0. The van der Waals surface area contributed by atoms with Crippen LogP contribution in [0.25, 0.3) is 0 Å². The summed E-state index contributed by atoms with van der Waals surface area (Å²) in [6.07, 6.45) is -1.05. The number of carboxylic acids is 1. The largest absolute Gasteiger partial charge is 0.478 e. The first-order valence-corrected chi connectivity index (χ1v) is 2.58. The number of carbonyl (C=O) groups is 2. The van der Waals surface area contributed by atoms with E-state index in [2.05, 4.69) is 0 Å². The van der Waals surface area contributed by atoms with Crippen LogP contribution in [0.15, 0.2) is 11.8 Å². The molecule has 3 N–H and O–H groups in total. The zero-order chi connectivity index (χ0) is 9.02. The maximum Gasteiger partial charge on any atom is 0.435 e. The number of amides is 1. The lowest BCUT2D eigenvalue weighted by Crippen LogP contribution is -2.20. The molecule has 0 aromatic rings. The Labute approximate surface area is 61.9 Å². The molecule has 6 heteroatoms. The summed E-state index contributed by atoms with van der Waals surface area (Å²) in [5.41, 5.74) is -0.269. The molecule has 0 fully saturated rings. The standard InChI is InChI=1S/C5H7NO5/c1-3(4(7)8)2-6(11)5(9)10/h2,11H,1H3,(H,7,8)(H,9,10). The Kier molecular flexibility index (Phi) is 3.06. The second kappa shape index (κ2) is 3.57. The molecule has 0 unspecified atom stereocenters. The molecule has 0 atom stereocenters. The molecule has 0 aromatic carbocycles. The van der Waals surface area contributed by atoms with E-state index in [0.717, 1.165) is 6.92 Å². The SMILES string of the molecule is CC(=CN(O)C(=O)O)C(=O)O. The molecule has 6 nitrogen and oxygen atoms in total. The van der Waals surface area contributed by atoms with Crippen LogP contribution in [-0.4, -0.2) is 32.5 Å². The monoisotopic (exact) mass is 161 g/mol. The Morgan fingerprint density at radius 2 is 1.82 bits per heavy atom. The fourth-order valence-corrected chi connectivity index (χ4v) is 0.294. The van der Waals surface area contributed by atoms with Gasteiger partial charge in [-0.05, 0) is 6.92 Å². The first-order chi connectivity index (χ1) is 4.95. The number of aliphatic carboxylic acids is 1. The second-order valence-electron chi connectivity index (χ2n) is 1.74. The minimum absolute atomic E-state index is 0.219. The third kappa shape index (κ3) is 3.21. The zero-order valence-electron chi connectivity index (χ0n) is 5.68. The van der Waals surface area contributed by atoms with E-state index in [1.54, 1.807) is 0 Å². The predicted octanol–water partition coefficient (Wildman–Crippen LogP) is 0.344. The van der Waals surface area contributed by atoms with E-state index in [-0.39, 0.29) is 10.6 Å². The Morgan fingerprint density at radius 1 is 1.36 bits per heavy atom. The van der Waals surface area contributed by atoms with Gasteiger partial charge in [-0.1, -0.05) is 0 Å². The van der Waals surface area contributed by atoms with Gasteiger partial charge in [-0.3, -0.25) is 5.21 Å². The highest BCUT2D eigenvalue weighted by atomic mass is 16.6. The Bertz CT molecular complexity index is 209. The van der Waals surface area contributed by atoms with Gasteiger partial charge in [0.2, 0.25) is 0 Å². The summed E-state index contributed by atoms with van der Waals surface area (Å²) in [7, 11) is 0. The fourth-order valence-electron chi connectivity index (χ4n) is 0.294. The van der Waals surface area contributed by atoms with Gasteiger partial charge in [0.05, 0.1) is 11.8 Å². The molecular formula is C5H7NO5. The lowest BCUT2D eigenvalue weighted by molar-refractivity contribution is -0.132. The molecule has 0 saturated heterocycles. The van der Waals surface area contributed by atoms with Crippen LogP contribution in [-0.2, 0) is 4.79 Å². The Balaban J connectivity index is 4.31. The molecule has 62 valence electrons. The van der Waals surface area contributed by atoms with Crippen LogP contribution in [0.4, 0.5) is 4.79 Å². The molecule has 0 bridgehead atoms. The van der Waals surface area contributed by atoms with Crippen molar-refractivity contribution in [2.75, 3.05) is 0 Å². The number of nitrogens with zero attached hydrogens (tertiary/aromatic N) is 1. The van der Waals surface area contributed by atoms with Gasteiger partial charge in [0, 0.05) is 0 Å². The smallest absolute Gasteiger partial charge is 0.435 e. The van der Waals surface area contributed by atoms with Gasteiger partial charge in [0.25, 0.3) is 0 Å². The van der Waals surface area contributed by atoms with Gasteiger partial charge >= 0.3 is 12.1 Å². The normalized spacial score (nSPS) is 10.9. The van der Waals surface area contributed by atoms with Crippen LogP contribution in [0.1, 0.15) is 6.92 Å². The lowest BCUT2D eigenvalue weighted by atomic mass is 10.3. The molecule has 0 aromatic heterocycles. The molecule has 0 aliphatic rings. The molecule has 0 aliphatic carbocycles. The van der Waals surface area contributed by atoms with E-state index < -0.39 is 12.1 Å². The van der Waals surface area contributed by atoms with Gasteiger partial charge in [0.1, 0.15) is 0 Å². The fraction of sp³-hybridized carbons (Fsp3) is 0.200. The average Bonchev–Trinajstić information content (AvgIpc) is 1.87. The first kappa shape index (κ1) is 9.44. The third-order valence-corrected chi connectivity index (χ3v) is 0.849. The van der Waals surface area contributed by atoms with E-state index in [9.17, 15) is 9.59 Å². The average molecular weight is 161 g/mol. The molecule has 0 saturated carbocycles. The summed E-state index contributed by atoms with van der Waals surface area (Å²) >= 11 is 0. The predicted molar refractivity (Wildman–Crippen MR) is 33.0 cm³/mol. The van der Waals surface area contributed by atoms with E-state index >= 15 is 0 Å². The van der Waals surface area contributed by atoms with Crippen LogP contribution in [0.2, 0.25) is 0 Å². The lowest BCUT2D eigenvalue weighted by Gasteiger charge is -2.03. The number of hydrogen-bond acceptors (Lipinski definition) is 3. The van der Waals surface area contributed by atoms with Crippen LogP contribution in [0.3, 0.4) is 0 Å². The van der Waals surface area contributed by atoms with Gasteiger partial charge in [-0.2, -0.15) is 5.06 Å². The van der Waals surface area contributed by atoms with Crippen molar-refractivity contribution in [1.82, 2.24) is 5.06 Å². The van der Waals surface area contributed by atoms with Crippen LogP contribution >= 0.6 is 0 Å². The summed E-state index contributed by atoms with van der Waals surface area (Å²) in [5.74, 6) is -1.29. The van der Waals surface area contributed by atoms with Crippen molar-refractivity contribution in [3.05, 3.63) is 11.8 Å². The Morgan fingerprint density at radius 3 is 2.09 bits per heavy atom. The number of rotatable bonds is 2. The third-order valence-electron chi connectivity index (χ3n) is 0.849. The highest BCUT2D eigenvalue weighted by Crippen LogP contribution is 1.94. The van der Waals surface area contributed by atoms with Gasteiger partial charge in [-0.15, -0.1) is 0 Å².